The van der Waals surface area contributed by atoms with E-state index in [0.29, 0.717) is 0 Å². The second-order valence-corrected chi connectivity index (χ2v) is 8.50. The molecule has 32 heavy (non-hydrogen) atoms. The Morgan fingerprint density at radius 2 is 1.78 bits per heavy atom. The van der Waals surface area contributed by atoms with Gasteiger partial charge in [0.25, 0.3) is 0 Å². The topological polar surface area (TPSA) is 46.1 Å². The van der Waals surface area contributed by atoms with Crippen LogP contribution in [0.5, 0.6) is 5.75 Å². The molecule has 0 spiro atoms. The molecule has 0 fully saturated rings. The lowest BCUT2D eigenvalue weighted by atomic mass is 9.91. The van der Waals surface area contributed by atoms with Crippen molar-refractivity contribution in [3.05, 3.63) is 95.4 Å². The van der Waals surface area contributed by atoms with Crippen molar-refractivity contribution in [2.75, 3.05) is 13.7 Å². The van der Waals surface area contributed by atoms with E-state index in [0.717, 1.165) is 36.6 Å². The number of benzene rings is 3. The summed E-state index contributed by atoms with van der Waals surface area (Å²) >= 11 is 0. The van der Waals surface area contributed by atoms with Gasteiger partial charge in [0, 0.05) is 35.8 Å². The van der Waals surface area contributed by atoms with Crippen LogP contribution in [0.15, 0.2) is 72.8 Å². The van der Waals surface area contributed by atoms with Crippen LogP contribution in [0, 0.1) is 0 Å². The molecular formula is C27H26N4O. The van der Waals surface area contributed by atoms with Crippen LogP contribution < -0.4 is 4.74 Å². The van der Waals surface area contributed by atoms with Crippen LogP contribution in [0.3, 0.4) is 0 Å². The monoisotopic (exact) mass is 422 g/mol. The van der Waals surface area contributed by atoms with Gasteiger partial charge in [0.1, 0.15) is 11.6 Å². The molecule has 1 atom stereocenters. The smallest absolute Gasteiger partial charge is 0.124 e. The highest BCUT2D eigenvalue weighted by Crippen LogP contribution is 2.42. The molecule has 0 radical (unpaired) electrons. The molecule has 0 saturated heterocycles. The van der Waals surface area contributed by atoms with Crippen molar-refractivity contribution in [1.82, 2.24) is 19.4 Å². The molecule has 5 heteroatoms. The van der Waals surface area contributed by atoms with E-state index in [1.807, 2.05) is 6.07 Å². The second kappa shape index (κ2) is 7.53. The lowest BCUT2D eigenvalue weighted by Gasteiger charge is -2.36. The van der Waals surface area contributed by atoms with E-state index in [4.69, 9.17) is 9.72 Å². The van der Waals surface area contributed by atoms with E-state index in [2.05, 4.69) is 88.2 Å². The lowest BCUT2D eigenvalue weighted by Crippen LogP contribution is -2.36. The molecule has 0 amide bonds. The van der Waals surface area contributed by atoms with Gasteiger partial charge in [-0.3, -0.25) is 4.90 Å². The number of rotatable bonds is 4. The molecule has 5 aromatic rings. The predicted octanol–water partition coefficient (Wildman–Crippen LogP) is 5.21. The van der Waals surface area contributed by atoms with E-state index >= 15 is 0 Å². The molecule has 3 heterocycles. The van der Waals surface area contributed by atoms with Crippen LogP contribution in [0.1, 0.15) is 28.7 Å². The predicted molar refractivity (Wildman–Crippen MR) is 128 cm³/mol. The van der Waals surface area contributed by atoms with Crippen LogP contribution in [0.4, 0.5) is 0 Å². The molecule has 1 N–H and O–H groups in total. The summed E-state index contributed by atoms with van der Waals surface area (Å²) in [6.45, 7) is 1.73. The number of aryl methyl sites for hydroxylation is 1. The highest BCUT2D eigenvalue weighted by Gasteiger charge is 2.34. The Hall–Kier alpha value is -3.57. The Labute approximate surface area is 187 Å². The first kappa shape index (κ1) is 19.1. The van der Waals surface area contributed by atoms with Gasteiger partial charge in [0.15, 0.2) is 0 Å². The lowest BCUT2D eigenvalue weighted by molar-refractivity contribution is 0.192. The highest BCUT2D eigenvalue weighted by molar-refractivity contribution is 5.85. The summed E-state index contributed by atoms with van der Waals surface area (Å²) in [5.74, 6) is 1.99. The molecule has 160 valence electrons. The highest BCUT2D eigenvalue weighted by atomic mass is 16.5. The fourth-order valence-corrected chi connectivity index (χ4v) is 5.22. The molecule has 0 saturated carbocycles. The molecule has 1 aliphatic rings. The third kappa shape index (κ3) is 2.93. The minimum absolute atomic E-state index is 0.0714. The maximum atomic E-state index is 5.80. The summed E-state index contributed by atoms with van der Waals surface area (Å²) in [6, 6.07) is 25.4. The van der Waals surface area contributed by atoms with E-state index in [9.17, 15) is 0 Å². The van der Waals surface area contributed by atoms with E-state index in [1.54, 1.807) is 7.11 Å². The number of methoxy groups -OCH3 is 1. The Morgan fingerprint density at radius 3 is 2.66 bits per heavy atom. The first-order valence-corrected chi connectivity index (χ1v) is 11.1. The standard InChI is InChI=1S/C27H26N4O/c1-30-23-13-7-6-12-22(23)28-25(30)17-31-16-15-19-18-9-3-5-11-21(18)29-26(19)27(31)20-10-4-8-14-24(20)32-2/h3-14,27,29H,15-17H2,1-2H3. The number of aromatic amines is 1. The number of ether oxygens (including phenoxy) is 1. The summed E-state index contributed by atoms with van der Waals surface area (Å²) in [7, 11) is 3.87. The number of hydrogen-bond donors (Lipinski definition) is 1. The Kier molecular flexibility index (Phi) is 4.51. The molecule has 3 aromatic carbocycles. The zero-order valence-corrected chi connectivity index (χ0v) is 18.4. The number of fused-ring (bicyclic) bond motifs is 4. The van der Waals surface area contributed by atoms with Gasteiger partial charge in [0.05, 0.1) is 30.7 Å². The van der Waals surface area contributed by atoms with Crippen molar-refractivity contribution in [3.63, 3.8) is 0 Å². The fraction of sp³-hybridized carbons (Fsp3) is 0.222. The number of nitrogens with zero attached hydrogens (tertiary/aromatic N) is 3. The molecule has 1 unspecified atom stereocenters. The SMILES string of the molecule is COc1ccccc1C1c2[nH]c3ccccc3c2CCN1Cc1nc2ccccc2n1C. The zero-order chi connectivity index (χ0) is 21.7. The number of para-hydroxylation sites is 4. The molecule has 2 aromatic heterocycles. The first-order valence-electron chi connectivity index (χ1n) is 11.1. The minimum atomic E-state index is 0.0714. The van der Waals surface area contributed by atoms with Gasteiger partial charge in [0.2, 0.25) is 0 Å². The Morgan fingerprint density at radius 1 is 1.00 bits per heavy atom. The normalized spacial score (nSPS) is 16.5. The maximum Gasteiger partial charge on any atom is 0.124 e. The average molecular weight is 423 g/mol. The zero-order valence-electron chi connectivity index (χ0n) is 18.4. The molecule has 0 aliphatic carbocycles. The van der Waals surface area contributed by atoms with Gasteiger partial charge >= 0.3 is 0 Å². The van der Waals surface area contributed by atoms with Gasteiger partial charge in [-0.1, -0.05) is 48.5 Å². The van der Waals surface area contributed by atoms with Crippen molar-refractivity contribution in [2.24, 2.45) is 7.05 Å². The van der Waals surface area contributed by atoms with Crippen LogP contribution in [-0.4, -0.2) is 33.1 Å². The molecule has 5 nitrogen and oxygen atoms in total. The minimum Gasteiger partial charge on any atom is -0.496 e. The maximum absolute atomic E-state index is 5.80. The summed E-state index contributed by atoms with van der Waals surface area (Å²) in [5, 5.41) is 1.32. The summed E-state index contributed by atoms with van der Waals surface area (Å²) in [5.41, 5.74) is 7.27. The quantitative estimate of drug-likeness (QED) is 0.432. The van der Waals surface area contributed by atoms with Gasteiger partial charge in [-0.25, -0.2) is 4.98 Å². The van der Waals surface area contributed by atoms with E-state index in [1.165, 1.54) is 33.2 Å². The van der Waals surface area contributed by atoms with E-state index < -0.39 is 0 Å². The average Bonchev–Trinajstić information content (AvgIpc) is 3.36. The number of H-pyrrole nitrogens is 1. The Bertz CT molecular complexity index is 1430. The van der Waals surface area contributed by atoms with Gasteiger partial charge in [-0.2, -0.15) is 0 Å². The van der Waals surface area contributed by atoms with Crippen molar-refractivity contribution >= 4 is 21.9 Å². The van der Waals surface area contributed by atoms with Crippen molar-refractivity contribution in [2.45, 2.75) is 19.0 Å². The number of imidazole rings is 1. The number of nitrogens with one attached hydrogen (secondary N) is 1. The van der Waals surface area contributed by atoms with Gasteiger partial charge in [-0.15, -0.1) is 0 Å². The van der Waals surface area contributed by atoms with Crippen molar-refractivity contribution < 1.29 is 4.74 Å². The van der Waals surface area contributed by atoms with Gasteiger partial charge in [-0.05, 0) is 36.2 Å². The number of aromatic nitrogens is 3. The van der Waals surface area contributed by atoms with Crippen molar-refractivity contribution in [3.8, 4) is 5.75 Å². The largest absolute Gasteiger partial charge is 0.496 e. The number of hydrogen-bond acceptors (Lipinski definition) is 3. The molecule has 6 rings (SSSR count). The third-order valence-corrected chi connectivity index (χ3v) is 6.79. The van der Waals surface area contributed by atoms with E-state index in [-0.39, 0.29) is 6.04 Å². The van der Waals surface area contributed by atoms with Crippen molar-refractivity contribution in [1.29, 1.82) is 0 Å². The molecule has 1 aliphatic heterocycles. The Balaban J connectivity index is 1.50. The summed E-state index contributed by atoms with van der Waals surface area (Å²) < 4.78 is 8.01. The molecular weight excluding hydrogens is 396 g/mol. The van der Waals surface area contributed by atoms with Crippen LogP contribution in [-0.2, 0) is 20.0 Å². The molecule has 0 bridgehead atoms. The van der Waals surface area contributed by atoms with Crippen LogP contribution in [0.2, 0.25) is 0 Å². The fourth-order valence-electron chi connectivity index (χ4n) is 5.22. The third-order valence-electron chi connectivity index (χ3n) is 6.79. The second-order valence-electron chi connectivity index (χ2n) is 8.50. The van der Waals surface area contributed by atoms with Crippen LogP contribution >= 0.6 is 0 Å². The van der Waals surface area contributed by atoms with Gasteiger partial charge < -0.3 is 14.3 Å². The van der Waals surface area contributed by atoms with Crippen LogP contribution in [0.25, 0.3) is 21.9 Å². The summed E-state index contributed by atoms with van der Waals surface area (Å²) in [6.07, 6.45) is 1.01. The first-order chi connectivity index (χ1) is 15.7. The summed E-state index contributed by atoms with van der Waals surface area (Å²) in [4.78, 5) is 11.2.